The molecule has 0 saturated heterocycles. The molecule has 7 nitrogen and oxygen atoms in total. The number of carbonyl (C=O) groups is 2. The predicted molar refractivity (Wildman–Crippen MR) is 90.2 cm³/mol. The van der Waals surface area contributed by atoms with E-state index in [0.29, 0.717) is 12.8 Å². The Morgan fingerprint density at radius 3 is 2.42 bits per heavy atom. The van der Waals surface area contributed by atoms with E-state index in [9.17, 15) is 18.0 Å². The number of sulfonamides is 1. The van der Waals surface area contributed by atoms with Crippen LogP contribution in [0.5, 0.6) is 0 Å². The second kappa shape index (κ2) is 9.19. The summed E-state index contributed by atoms with van der Waals surface area (Å²) in [6.45, 7) is 5.45. The third-order valence-electron chi connectivity index (χ3n) is 3.34. The van der Waals surface area contributed by atoms with E-state index in [1.165, 1.54) is 30.3 Å². The Kier molecular flexibility index (Phi) is 7.60. The number of benzene rings is 1. The van der Waals surface area contributed by atoms with Gasteiger partial charge in [-0.15, -0.1) is 6.58 Å². The molecule has 132 valence electrons. The normalized spacial score (nSPS) is 12.4. The van der Waals surface area contributed by atoms with Crippen LogP contribution >= 0.6 is 0 Å². The Morgan fingerprint density at radius 2 is 1.92 bits per heavy atom. The molecule has 0 spiro atoms. The average molecular weight is 354 g/mol. The van der Waals surface area contributed by atoms with Crippen LogP contribution in [0.15, 0.2) is 41.8 Å². The van der Waals surface area contributed by atoms with Crippen LogP contribution in [0, 0.1) is 5.92 Å². The van der Waals surface area contributed by atoms with Gasteiger partial charge in [0.2, 0.25) is 10.0 Å². The molecule has 3 N–H and O–H groups in total. The van der Waals surface area contributed by atoms with Crippen molar-refractivity contribution in [3.05, 3.63) is 42.5 Å². The second-order valence-corrected chi connectivity index (χ2v) is 6.97. The molecule has 0 radical (unpaired) electrons. The molecular weight excluding hydrogens is 332 g/mol. The Morgan fingerprint density at radius 1 is 1.29 bits per heavy atom. The Labute approximate surface area is 141 Å². The van der Waals surface area contributed by atoms with Crippen LogP contribution in [0.2, 0.25) is 0 Å². The van der Waals surface area contributed by atoms with E-state index in [1.54, 1.807) is 0 Å². The highest BCUT2D eigenvalue weighted by atomic mass is 32.2. The molecule has 0 bridgehead atoms. The van der Waals surface area contributed by atoms with Gasteiger partial charge < -0.3 is 10.4 Å². The van der Waals surface area contributed by atoms with Gasteiger partial charge in [-0.3, -0.25) is 9.59 Å². The summed E-state index contributed by atoms with van der Waals surface area (Å²) in [4.78, 5) is 23.1. The number of carboxylic acids is 1. The van der Waals surface area contributed by atoms with Crippen molar-refractivity contribution in [1.29, 1.82) is 0 Å². The zero-order valence-corrected chi connectivity index (χ0v) is 14.3. The van der Waals surface area contributed by atoms with E-state index in [0.717, 1.165) is 0 Å². The van der Waals surface area contributed by atoms with Crippen LogP contribution in [0.1, 0.15) is 30.1 Å². The predicted octanol–water partition coefficient (Wildman–Crippen LogP) is 1.38. The highest BCUT2D eigenvalue weighted by Gasteiger charge is 2.18. The van der Waals surface area contributed by atoms with Gasteiger partial charge in [0.1, 0.15) is 0 Å². The van der Waals surface area contributed by atoms with Gasteiger partial charge in [0.25, 0.3) is 5.91 Å². The van der Waals surface area contributed by atoms with Crippen molar-refractivity contribution in [2.75, 3.05) is 13.1 Å². The number of amides is 1. The summed E-state index contributed by atoms with van der Waals surface area (Å²) in [6, 6.07) is 5.41. The molecule has 0 heterocycles. The first kappa shape index (κ1) is 19.9. The molecule has 1 unspecified atom stereocenters. The van der Waals surface area contributed by atoms with Gasteiger partial charge >= 0.3 is 5.97 Å². The molecule has 1 atom stereocenters. The van der Waals surface area contributed by atoms with Crippen molar-refractivity contribution >= 4 is 21.9 Å². The minimum Gasteiger partial charge on any atom is -0.481 e. The topological polar surface area (TPSA) is 113 Å². The van der Waals surface area contributed by atoms with Crippen molar-refractivity contribution in [3.8, 4) is 0 Å². The molecular formula is C16H22N2O5S. The largest absolute Gasteiger partial charge is 0.481 e. The van der Waals surface area contributed by atoms with Gasteiger partial charge in [-0.25, -0.2) is 13.1 Å². The van der Waals surface area contributed by atoms with Gasteiger partial charge in [0, 0.05) is 18.7 Å². The van der Waals surface area contributed by atoms with E-state index in [-0.39, 0.29) is 23.5 Å². The molecule has 0 saturated carbocycles. The van der Waals surface area contributed by atoms with E-state index >= 15 is 0 Å². The lowest BCUT2D eigenvalue weighted by atomic mass is 10.0. The molecule has 0 aromatic heterocycles. The standard InChI is InChI=1S/C16H22N2O5S/c1-3-5-13(16(20)21)11-17-15(19)12-6-8-14(9-7-12)24(22,23)18-10-4-2/h4,6-9,13,18H,2-3,5,10-11H2,1H3,(H,17,19)(H,20,21). The molecule has 1 amide bonds. The Balaban J connectivity index is 2.73. The zero-order chi connectivity index (χ0) is 18.2. The summed E-state index contributed by atoms with van der Waals surface area (Å²) in [7, 11) is -3.64. The number of hydrogen-bond donors (Lipinski definition) is 3. The van der Waals surface area contributed by atoms with Gasteiger partial charge in [0.15, 0.2) is 0 Å². The first-order valence-corrected chi connectivity index (χ1v) is 9.01. The number of rotatable bonds is 10. The molecule has 1 aromatic rings. The van der Waals surface area contributed by atoms with Gasteiger partial charge in [0.05, 0.1) is 10.8 Å². The molecule has 24 heavy (non-hydrogen) atoms. The second-order valence-electron chi connectivity index (χ2n) is 5.20. The summed E-state index contributed by atoms with van der Waals surface area (Å²) in [5.74, 6) is -2.03. The van der Waals surface area contributed by atoms with Gasteiger partial charge in [-0.05, 0) is 30.7 Å². The maximum atomic E-state index is 12.0. The third-order valence-corrected chi connectivity index (χ3v) is 4.78. The number of aliphatic carboxylic acids is 1. The minimum atomic E-state index is -3.64. The van der Waals surface area contributed by atoms with Crippen molar-refractivity contribution < 1.29 is 23.1 Å². The monoisotopic (exact) mass is 354 g/mol. The summed E-state index contributed by atoms with van der Waals surface area (Å²) in [6.07, 6.45) is 2.60. The summed E-state index contributed by atoms with van der Waals surface area (Å²) >= 11 is 0. The smallest absolute Gasteiger partial charge is 0.308 e. The molecule has 0 aliphatic carbocycles. The van der Waals surface area contributed by atoms with Crippen LogP contribution in [0.4, 0.5) is 0 Å². The summed E-state index contributed by atoms with van der Waals surface area (Å²) in [5, 5.41) is 11.6. The first-order chi connectivity index (χ1) is 11.3. The summed E-state index contributed by atoms with van der Waals surface area (Å²) < 4.78 is 26.1. The first-order valence-electron chi connectivity index (χ1n) is 7.53. The summed E-state index contributed by atoms with van der Waals surface area (Å²) in [5.41, 5.74) is 0.262. The van der Waals surface area contributed by atoms with Crippen LogP contribution in [0.3, 0.4) is 0 Å². The average Bonchev–Trinajstić information content (AvgIpc) is 2.56. The Hall–Kier alpha value is -2.19. The number of nitrogens with one attached hydrogen (secondary N) is 2. The maximum Gasteiger partial charge on any atom is 0.308 e. The Bertz CT molecular complexity index is 683. The van der Waals surface area contributed by atoms with E-state index < -0.39 is 27.8 Å². The molecule has 0 aliphatic heterocycles. The van der Waals surface area contributed by atoms with Crippen LogP contribution < -0.4 is 10.0 Å². The fourth-order valence-electron chi connectivity index (χ4n) is 2.02. The van der Waals surface area contributed by atoms with E-state index in [4.69, 9.17) is 5.11 Å². The van der Waals surface area contributed by atoms with E-state index in [2.05, 4.69) is 16.6 Å². The fraction of sp³-hybridized carbons (Fsp3) is 0.375. The number of hydrogen-bond acceptors (Lipinski definition) is 4. The zero-order valence-electron chi connectivity index (χ0n) is 13.5. The van der Waals surface area contributed by atoms with Crippen molar-refractivity contribution in [3.63, 3.8) is 0 Å². The van der Waals surface area contributed by atoms with Gasteiger partial charge in [-0.2, -0.15) is 0 Å². The number of carbonyl (C=O) groups excluding carboxylic acids is 1. The maximum absolute atomic E-state index is 12.0. The quantitative estimate of drug-likeness (QED) is 0.550. The lowest BCUT2D eigenvalue weighted by Gasteiger charge is -2.12. The lowest BCUT2D eigenvalue weighted by molar-refractivity contribution is -0.141. The highest BCUT2D eigenvalue weighted by molar-refractivity contribution is 7.89. The van der Waals surface area contributed by atoms with Gasteiger partial charge in [-0.1, -0.05) is 19.4 Å². The molecule has 8 heteroatoms. The van der Waals surface area contributed by atoms with Crippen LogP contribution in [0.25, 0.3) is 0 Å². The lowest BCUT2D eigenvalue weighted by Crippen LogP contribution is -2.33. The van der Waals surface area contributed by atoms with Crippen molar-refractivity contribution in [1.82, 2.24) is 10.0 Å². The fourth-order valence-corrected chi connectivity index (χ4v) is 3.02. The van der Waals surface area contributed by atoms with E-state index in [1.807, 2.05) is 6.92 Å². The van der Waals surface area contributed by atoms with Crippen molar-refractivity contribution in [2.24, 2.45) is 5.92 Å². The van der Waals surface area contributed by atoms with Crippen molar-refractivity contribution in [2.45, 2.75) is 24.7 Å². The minimum absolute atomic E-state index is 0.0307. The molecule has 1 rings (SSSR count). The van der Waals surface area contributed by atoms with Crippen LogP contribution in [-0.4, -0.2) is 38.5 Å². The van der Waals surface area contributed by atoms with Crippen LogP contribution in [-0.2, 0) is 14.8 Å². The SMILES string of the molecule is C=CCNS(=O)(=O)c1ccc(C(=O)NCC(CCC)C(=O)O)cc1. The number of carboxylic acid groups (broad SMARTS) is 1. The highest BCUT2D eigenvalue weighted by Crippen LogP contribution is 2.11. The third kappa shape index (κ3) is 5.78. The molecule has 0 fully saturated rings. The molecule has 0 aliphatic rings. The molecule has 1 aromatic carbocycles.